The van der Waals surface area contributed by atoms with Crippen LogP contribution in [0.25, 0.3) is 10.9 Å². The van der Waals surface area contributed by atoms with Gasteiger partial charge >= 0.3 is 5.97 Å². The Morgan fingerprint density at radius 3 is 1.60 bits per heavy atom. The van der Waals surface area contributed by atoms with Gasteiger partial charge in [-0.15, -0.1) is 0 Å². The van der Waals surface area contributed by atoms with Crippen LogP contribution in [-0.4, -0.2) is 69.9 Å². The van der Waals surface area contributed by atoms with Crippen LogP contribution in [0.2, 0.25) is 0 Å². The largest absolute Gasteiger partial charge is 0.480 e. The number of aromatic amines is 1. The lowest BCUT2D eigenvalue weighted by Gasteiger charge is -2.25. The van der Waals surface area contributed by atoms with Crippen LogP contribution in [0.15, 0.2) is 121 Å². The Morgan fingerprint density at radius 1 is 0.566 bits per heavy atom. The molecule has 0 bridgehead atoms. The van der Waals surface area contributed by atoms with Crippen LogP contribution in [0.5, 0.6) is 0 Å². The van der Waals surface area contributed by atoms with Gasteiger partial charge in [-0.1, -0.05) is 109 Å². The Hall–Kier alpha value is -6.27. The Labute approximate surface area is 307 Å². The number of aliphatic carboxylic acids is 1. The molecule has 0 saturated carbocycles. The summed E-state index contributed by atoms with van der Waals surface area (Å²) in [6, 6.07) is 29.1. The average molecular weight is 717 g/mol. The lowest BCUT2D eigenvalue weighted by molar-refractivity contribution is -0.142. The van der Waals surface area contributed by atoms with Crippen LogP contribution < -0.4 is 27.0 Å². The second-order valence-electron chi connectivity index (χ2n) is 13.0. The second-order valence-corrected chi connectivity index (χ2v) is 13.0. The van der Waals surface area contributed by atoms with Crippen molar-refractivity contribution in [3.63, 3.8) is 0 Å². The zero-order valence-corrected chi connectivity index (χ0v) is 29.3. The summed E-state index contributed by atoms with van der Waals surface area (Å²) in [5, 5.41) is 21.5. The van der Waals surface area contributed by atoms with Gasteiger partial charge in [0.15, 0.2) is 0 Å². The number of amides is 4. The molecular weight excluding hydrogens is 672 g/mol. The highest BCUT2D eigenvalue weighted by atomic mass is 16.4. The van der Waals surface area contributed by atoms with Crippen LogP contribution in [0.4, 0.5) is 0 Å². The first-order valence-corrected chi connectivity index (χ1v) is 17.4. The lowest BCUT2D eigenvalue weighted by atomic mass is 10.0. The van der Waals surface area contributed by atoms with Gasteiger partial charge in [-0.25, -0.2) is 4.79 Å². The van der Waals surface area contributed by atoms with Crippen LogP contribution in [0.1, 0.15) is 29.2 Å². The number of H-pyrrole nitrogens is 1. The molecule has 4 amide bonds. The molecule has 0 spiro atoms. The third kappa shape index (κ3) is 10.9. The van der Waals surface area contributed by atoms with E-state index in [4.69, 9.17) is 5.73 Å². The van der Waals surface area contributed by atoms with Gasteiger partial charge in [0.25, 0.3) is 0 Å². The topological polar surface area (TPSA) is 196 Å². The van der Waals surface area contributed by atoms with Crippen molar-refractivity contribution >= 4 is 40.5 Å². The van der Waals surface area contributed by atoms with Crippen molar-refractivity contribution in [3.8, 4) is 0 Å². The molecule has 5 atom stereocenters. The van der Waals surface area contributed by atoms with Gasteiger partial charge in [0.05, 0.1) is 6.04 Å². The highest BCUT2D eigenvalue weighted by molar-refractivity contribution is 5.96. The number of hydrogen-bond acceptors (Lipinski definition) is 6. The van der Waals surface area contributed by atoms with Crippen molar-refractivity contribution < 1.29 is 29.1 Å². The minimum absolute atomic E-state index is 0.0406. The zero-order chi connectivity index (χ0) is 37.7. The van der Waals surface area contributed by atoms with E-state index in [1.54, 1.807) is 54.7 Å². The molecule has 1 heterocycles. The molecule has 0 fully saturated rings. The molecule has 5 rings (SSSR count). The van der Waals surface area contributed by atoms with Gasteiger partial charge in [0, 0.05) is 36.4 Å². The highest BCUT2D eigenvalue weighted by Crippen LogP contribution is 2.19. The number of benzene rings is 4. The number of nitrogens with two attached hydrogens (primary N) is 1. The first-order valence-electron chi connectivity index (χ1n) is 17.4. The molecule has 0 unspecified atom stereocenters. The van der Waals surface area contributed by atoms with Crippen molar-refractivity contribution in [1.82, 2.24) is 26.3 Å². The summed E-state index contributed by atoms with van der Waals surface area (Å²) in [6.07, 6.45) is 2.23. The van der Waals surface area contributed by atoms with Gasteiger partial charge in [0.2, 0.25) is 23.6 Å². The van der Waals surface area contributed by atoms with E-state index in [-0.39, 0.29) is 25.7 Å². The Morgan fingerprint density at radius 2 is 1.02 bits per heavy atom. The van der Waals surface area contributed by atoms with E-state index < -0.39 is 59.8 Å². The number of para-hydroxylation sites is 1. The molecule has 53 heavy (non-hydrogen) atoms. The van der Waals surface area contributed by atoms with Gasteiger partial charge in [0.1, 0.15) is 24.2 Å². The molecule has 0 aliphatic heterocycles. The molecule has 1 aromatic heterocycles. The minimum Gasteiger partial charge on any atom is -0.480 e. The fraction of sp³-hybridized carbons (Fsp3) is 0.244. The number of aromatic nitrogens is 1. The molecule has 274 valence electrons. The molecule has 12 heteroatoms. The van der Waals surface area contributed by atoms with Crippen molar-refractivity contribution in [2.75, 3.05) is 0 Å². The molecule has 0 aliphatic rings. The molecule has 0 saturated heterocycles. The lowest BCUT2D eigenvalue weighted by Crippen LogP contribution is -2.58. The number of carboxylic acids is 1. The predicted molar refractivity (Wildman–Crippen MR) is 201 cm³/mol. The maximum atomic E-state index is 13.8. The van der Waals surface area contributed by atoms with E-state index in [9.17, 15) is 29.1 Å². The van der Waals surface area contributed by atoms with Gasteiger partial charge < -0.3 is 37.1 Å². The molecule has 12 nitrogen and oxygen atoms in total. The summed E-state index contributed by atoms with van der Waals surface area (Å²) >= 11 is 0. The molecular formula is C41H44N6O6. The summed E-state index contributed by atoms with van der Waals surface area (Å²) in [4.78, 5) is 69.7. The predicted octanol–water partition coefficient (Wildman–Crippen LogP) is 2.81. The van der Waals surface area contributed by atoms with E-state index in [2.05, 4.69) is 26.3 Å². The van der Waals surface area contributed by atoms with Crippen LogP contribution in [0.3, 0.4) is 0 Å². The summed E-state index contributed by atoms with van der Waals surface area (Å²) in [7, 11) is 0. The van der Waals surface area contributed by atoms with E-state index in [1.165, 1.54) is 6.92 Å². The Kier molecular flexibility index (Phi) is 13.1. The highest BCUT2D eigenvalue weighted by Gasteiger charge is 2.31. The van der Waals surface area contributed by atoms with Gasteiger partial charge in [-0.2, -0.15) is 0 Å². The number of fused-ring (bicyclic) bond motifs is 1. The summed E-state index contributed by atoms with van der Waals surface area (Å²) in [6.45, 7) is 1.46. The summed E-state index contributed by atoms with van der Waals surface area (Å²) in [5.74, 6) is -3.76. The number of carboxylic acid groups (broad SMARTS) is 1. The van der Waals surface area contributed by atoms with E-state index in [1.807, 2.05) is 66.7 Å². The van der Waals surface area contributed by atoms with Gasteiger partial charge in [-0.3, -0.25) is 19.2 Å². The van der Waals surface area contributed by atoms with Crippen LogP contribution >= 0.6 is 0 Å². The van der Waals surface area contributed by atoms with Crippen LogP contribution in [0, 0.1) is 0 Å². The van der Waals surface area contributed by atoms with Crippen molar-refractivity contribution in [3.05, 3.63) is 144 Å². The molecule has 0 radical (unpaired) electrons. The standard InChI is InChI=1S/C41H44N6O6/c1-26(37(48)45-34(22-28-15-7-3-8-16-28)40(51)47-36(41(52)53)23-29-17-9-4-10-18-29)44-39(50)35(24-30-25-43-33-20-12-11-19-31(30)33)46-38(49)32(42)21-27-13-5-2-6-14-27/h2-20,25-26,32,34-36,43H,21-24,42H2,1H3,(H,44,50)(H,45,48)(H,46,49)(H,47,51)(H,52,53)/t26-,32-,34-,35-,36-/m0/s1. The average Bonchev–Trinajstić information content (AvgIpc) is 3.57. The zero-order valence-electron chi connectivity index (χ0n) is 29.3. The molecule has 5 aromatic rings. The maximum absolute atomic E-state index is 13.8. The number of carbonyl (C=O) groups excluding carboxylic acids is 4. The number of hydrogen-bond donors (Lipinski definition) is 7. The number of rotatable bonds is 17. The fourth-order valence-corrected chi connectivity index (χ4v) is 6.03. The molecule has 8 N–H and O–H groups in total. The van der Waals surface area contributed by atoms with E-state index in [0.717, 1.165) is 33.2 Å². The first kappa shape index (κ1) is 38.0. The third-order valence-electron chi connectivity index (χ3n) is 8.93. The minimum atomic E-state index is -1.25. The number of carbonyl (C=O) groups is 5. The summed E-state index contributed by atoms with van der Waals surface area (Å²) < 4.78 is 0. The van der Waals surface area contributed by atoms with Crippen molar-refractivity contribution in [2.45, 2.75) is 62.8 Å². The van der Waals surface area contributed by atoms with Crippen molar-refractivity contribution in [2.24, 2.45) is 5.73 Å². The summed E-state index contributed by atoms with van der Waals surface area (Å²) in [5.41, 5.74) is 10.2. The van der Waals surface area contributed by atoms with E-state index in [0.29, 0.717) is 0 Å². The first-order chi connectivity index (χ1) is 25.6. The Bertz CT molecular complexity index is 2000. The number of nitrogens with one attached hydrogen (secondary N) is 5. The van der Waals surface area contributed by atoms with Crippen molar-refractivity contribution in [1.29, 1.82) is 0 Å². The fourth-order valence-electron chi connectivity index (χ4n) is 6.03. The monoisotopic (exact) mass is 716 g/mol. The quantitative estimate of drug-likeness (QED) is 0.0769. The maximum Gasteiger partial charge on any atom is 0.326 e. The Balaban J connectivity index is 1.30. The third-order valence-corrected chi connectivity index (χ3v) is 8.93. The smallest absolute Gasteiger partial charge is 0.326 e. The van der Waals surface area contributed by atoms with E-state index >= 15 is 0 Å². The molecule has 4 aromatic carbocycles. The normalized spacial score (nSPS) is 13.8. The van der Waals surface area contributed by atoms with Crippen LogP contribution in [-0.2, 0) is 49.7 Å². The second kappa shape index (κ2) is 18.3. The molecule has 0 aliphatic carbocycles. The SMILES string of the molecule is C[C@H](NC(=O)[C@H](Cc1c[nH]c2ccccc12)NC(=O)[C@@H](N)Cc1ccccc1)C(=O)N[C@@H](Cc1ccccc1)C(=O)N[C@@H](Cc1ccccc1)C(=O)O. The van der Waals surface area contributed by atoms with Gasteiger partial charge in [-0.05, 0) is 41.7 Å².